The lowest BCUT2D eigenvalue weighted by molar-refractivity contribution is 0.0940. The van der Waals surface area contributed by atoms with Gasteiger partial charge in [-0.25, -0.2) is 0 Å². The summed E-state index contributed by atoms with van der Waals surface area (Å²) in [6.45, 7) is 1.48. The summed E-state index contributed by atoms with van der Waals surface area (Å²) in [5.74, 6) is -0.158. The lowest BCUT2D eigenvalue weighted by Crippen LogP contribution is -2.33. The molecule has 0 unspecified atom stereocenters. The van der Waals surface area contributed by atoms with Crippen LogP contribution in [0.1, 0.15) is 34.5 Å². The minimum absolute atomic E-state index is 0.0177. The van der Waals surface area contributed by atoms with E-state index < -0.39 is 0 Å². The predicted molar refractivity (Wildman–Crippen MR) is 77.9 cm³/mol. The molecule has 9 heteroatoms. The molecule has 22 heavy (non-hydrogen) atoms. The topological polar surface area (TPSA) is 90.6 Å². The van der Waals surface area contributed by atoms with Gasteiger partial charge in [-0.1, -0.05) is 16.5 Å². The maximum Gasteiger partial charge on any atom is 0.298 e. The fraction of sp³-hybridized carbons (Fsp3) is 0.538. The van der Waals surface area contributed by atoms with Crippen LogP contribution in [-0.2, 0) is 9.47 Å². The second kappa shape index (κ2) is 6.95. The summed E-state index contributed by atoms with van der Waals surface area (Å²) < 4.78 is 15.6. The third-order valence-corrected chi connectivity index (χ3v) is 4.32. The number of rotatable bonds is 6. The molecule has 118 valence electrons. The molecule has 1 atom stereocenters. The molecule has 1 aliphatic heterocycles. The molecule has 2 aromatic heterocycles. The van der Waals surface area contributed by atoms with E-state index in [1.165, 1.54) is 28.5 Å². The van der Waals surface area contributed by atoms with E-state index in [-0.39, 0.29) is 17.8 Å². The van der Waals surface area contributed by atoms with Crippen molar-refractivity contribution in [3.63, 3.8) is 0 Å². The highest BCUT2D eigenvalue weighted by atomic mass is 32.1. The summed E-state index contributed by atoms with van der Waals surface area (Å²) in [5, 5.41) is 13.1. The quantitative estimate of drug-likeness (QED) is 0.798. The molecule has 2 aromatic rings. The molecule has 1 fully saturated rings. The van der Waals surface area contributed by atoms with Gasteiger partial charge in [-0.2, -0.15) is 0 Å². The number of hydrogen-bond acceptors (Lipinski definition) is 8. The Morgan fingerprint density at radius 1 is 1.55 bits per heavy atom. The van der Waals surface area contributed by atoms with E-state index in [1.807, 2.05) is 0 Å². The van der Waals surface area contributed by atoms with Gasteiger partial charge in [-0.3, -0.25) is 9.69 Å². The summed E-state index contributed by atoms with van der Waals surface area (Å²) in [5.41, 5.74) is 0. The average Bonchev–Trinajstić information content (AvgIpc) is 3.27. The van der Waals surface area contributed by atoms with E-state index in [9.17, 15) is 4.79 Å². The van der Waals surface area contributed by atoms with Crippen LogP contribution in [0.25, 0.3) is 0 Å². The molecule has 3 heterocycles. The Bertz CT molecular complexity index is 609. The first-order valence-corrected chi connectivity index (χ1v) is 7.77. The summed E-state index contributed by atoms with van der Waals surface area (Å²) in [6.07, 6.45) is 3.36. The molecule has 8 nitrogen and oxygen atoms in total. The number of aromatic nitrogens is 3. The molecule has 0 radical (unpaired) electrons. The van der Waals surface area contributed by atoms with Crippen LogP contribution in [0.15, 0.2) is 16.8 Å². The molecular weight excluding hydrogens is 308 g/mol. The summed E-state index contributed by atoms with van der Waals surface area (Å²) in [4.78, 5) is 14.0. The predicted octanol–water partition coefficient (Wildman–Crippen LogP) is 1.67. The van der Waals surface area contributed by atoms with Gasteiger partial charge in [0.15, 0.2) is 0 Å². The van der Waals surface area contributed by atoms with Crippen LogP contribution in [-0.4, -0.2) is 48.1 Å². The molecular formula is C13H16N4O4S. The fourth-order valence-electron chi connectivity index (χ4n) is 2.16. The van der Waals surface area contributed by atoms with E-state index in [4.69, 9.17) is 14.0 Å². The fourth-order valence-corrected chi connectivity index (χ4v) is 3.12. The van der Waals surface area contributed by atoms with Gasteiger partial charge in [-0.05, 0) is 12.8 Å². The highest BCUT2D eigenvalue weighted by Gasteiger charge is 2.27. The van der Waals surface area contributed by atoms with E-state index in [1.54, 1.807) is 7.11 Å². The van der Waals surface area contributed by atoms with Crippen molar-refractivity contribution in [3.05, 3.63) is 23.0 Å². The normalized spacial score (nSPS) is 17.8. The van der Waals surface area contributed by atoms with Crippen LogP contribution < -0.4 is 4.90 Å². The summed E-state index contributed by atoms with van der Waals surface area (Å²) >= 11 is 1.35. The van der Waals surface area contributed by atoms with Gasteiger partial charge in [0.1, 0.15) is 11.1 Å². The van der Waals surface area contributed by atoms with Gasteiger partial charge < -0.3 is 14.0 Å². The van der Waals surface area contributed by atoms with Crippen molar-refractivity contribution >= 4 is 22.4 Å². The maximum atomic E-state index is 12.5. The second-order valence-electron chi connectivity index (χ2n) is 4.75. The maximum absolute atomic E-state index is 12.5. The van der Waals surface area contributed by atoms with Crippen LogP contribution in [0.2, 0.25) is 0 Å². The minimum atomic E-state index is -0.315. The van der Waals surface area contributed by atoms with Gasteiger partial charge >= 0.3 is 0 Å². The number of hydrogen-bond donors (Lipinski definition) is 0. The van der Waals surface area contributed by atoms with Gasteiger partial charge in [0.05, 0.1) is 19.3 Å². The van der Waals surface area contributed by atoms with Crippen LogP contribution in [0.4, 0.5) is 5.13 Å². The Morgan fingerprint density at radius 2 is 2.45 bits per heavy atom. The number of carbonyl (C=O) groups is 1. The summed E-state index contributed by atoms with van der Waals surface area (Å²) in [7, 11) is 1.58. The first-order chi connectivity index (χ1) is 10.8. The number of nitrogens with zero attached hydrogens (tertiary/aromatic N) is 4. The Balaban J connectivity index is 1.80. The first-order valence-electron chi connectivity index (χ1n) is 6.96. The first kappa shape index (κ1) is 15.1. The number of anilines is 1. The molecule has 1 saturated heterocycles. The van der Waals surface area contributed by atoms with Gasteiger partial charge in [-0.15, -0.1) is 10.2 Å². The Hall–Kier alpha value is -1.84. The van der Waals surface area contributed by atoms with Crippen LogP contribution >= 0.6 is 11.3 Å². The van der Waals surface area contributed by atoms with Crippen molar-refractivity contribution in [3.8, 4) is 0 Å². The zero-order valence-corrected chi connectivity index (χ0v) is 12.9. The van der Waals surface area contributed by atoms with Crippen LogP contribution in [0.5, 0.6) is 0 Å². The Labute approximate surface area is 131 Å². The Kier molecular flexibility index (Phi) is 4.76. The zero-order chi connectivity index (χ0) is 15.4. The number of carbonyl (C=O) groups excluding carboxylic acids is 1. The third-order valence-electron chi connectivity index (χ3n) is 3.28. The Morgan fingerprint density at radius 3 is 3.14 bits per heavy atom. The van der Waals surface area contributed by atoms with Crippen molar-refractivity contribution in [2.24, 2.45) is 0 Å². The van der Waals surface area contributed by atoms with Crippen LogP contribution in [0, 0.1) is 0 Å². The van der Waals surface area contributed by atoms with E-state index in [0.29, 0.717) is 18.3 Å². The summed E-state index contributed by atoms with van der Waals surface area (Å²) in [6, 6.07) is 1.52. The smallest absolute Gasteiger partial charge is 0.298 e. The van der Waals surface area contributed by atoms with E-state index in [2.05, 4.69) is 15.4 Å². The molecule has 0 aromatic carbocycles. The largest absolute Gasteiger partial charge is 0.383 e. The van der Waals surface area contributed by atoms with E-state index >= 15 is 0 Å². The molecule has 1 amide bonds. The van der Waals surface area contributed by atoms with Crippen LogP contribution in [0.3, 0.4) is 0 Å². The zero-order valence-electron chi connectivity index (χ0n) is 12.1. The van der Waals surface area contributed by atoms with Gasteiger partial charge in [0, 0.05) is 19.8 Å². The van der Waals surface area contributed by atoms with Crippen molar-refractivity contribution in [1.29, 1.82) is 0 Å². The van der Waals surface area contributed by atoms with Crippen molar-refractivity contribution in [2.75, 3.05) is 31.8 Å². The molecule has 0 aliphatic carbocycles. The third kappa shape index (κ3) is 3.16. The van der Waals surface area contributed by atoms with Crippen molar-refractivity contribution in [2.45, 2.75) is 18.9 Å². The van der Waals surface area contributed by atoms with Crippen molar-refractivity contribution < 1.29 is 18.8 Å². The van der Waals surface area contributed by atoms with E-state index in [0.717, 1.165) is 24.5 Å². The monoisotopic (exact) mass is 324 g/mol. The SMILES string of the molecule is COCCN(C(=O)c1ccno1)c1nnc([C@@H]2CCCO2)s1. The average molecular weight is 324 g/mol. The van der Waals surface area contributed by atoms with Gasteiger partial charge in [0.25, 0.3) is 5.91 Å². The highest BCUT2D eigenvalue weighted by Crippen LogP contribution is 2.33. The lowest BCUT2D eigenvalue weighted by atomic mass is 10.2. The van der Waals surface area contributed by atoms with Crippen molar-refractivity contribution in [1.82, 2.24) is 15.4 Å². The highest BCUT2D eigenvalue weighted by molar-refractivity contribution is 7.15. The molecule has 1 aliphatic rings. The molecule has 0 spiro atoms. The number of amides is 1. The molecule has 3 rings (SSSR count). The molecule has 0 bridgehead atoms. The number of methoxy groups -OCH3 is 1. The lowest BCUT2D eigenvalue weighted by Gasteiger charge is -2.17. The molecule has 0 saturated carbocycles. The minimum Gasteiger partial charge on any atom is -0.383 e. The molecule has 0 N–H and O–H groups in total. The second-order valence-corrected chi connectivity index (χ2v) is 5.74. The standard InChI is InChI=1S/C13H16N4O4S/c1-19-8-6-17(12(18)10-4-5-14-21-10)13-16-15-11(22-13)9-3-2-7-20-9/h4-5,9H,2-3,6-8H2,1H3/t9-/m0/s1. The number of ether oxygens (including phenoxy) is 2. The van der Waals surface area contributed by atoms with Gasteiger partial charge in [0.2, 0.25) is 10.9 Å².